The van der Waals surface area contributed by atoms with E-state index in [9.17, 15) is 23.1 Å². The molecule has 0 saturated carbocycles. The van der Waals surface area contributed by atoms with E-state index in [1.54, 1.807) is 0 Å². The Balaban J connectivity index is 2.49. The quantitative estimate of drug-likeness (QED) is 0.824. The summed E-state index contributed by atoms with van der Waals surface area (Å²) in [5.74, 6) is -0.771. The highest BCUT2D eigenvalue weighted by molar-refractivity contribution is 5.44. The Hall–Kier alpha value is -2.51. The molecule has 19 heavy (non-hydrogen) atoms. The second-order valence-corrected chi connectivity index (χ2v) is 3.71. The van der Waals surface area contributed by atoms with E-state index in [0.29, 0.717) is 0 Å². The normalized spacial score (nSPS) is 11.5. The summed E-state index contributed by atoms with van der Waals surface area (Å²) in [6, 6.07) is 4.67. The van der Waals surface area contributed by atoms with Crippen LogP contribution in [0.25, 0.3) is 5.69 Å². The zero-order chi connectivity index (χ0) is 14.2. The molecule has 3 N–H and O–H groups in total. The summed E-state index contributed by atoms with van der Waals surface area (Å²) < 4.78 is 37.9. The standard InChI is InChI=1S/C11H8F3N3O2/c12-11(13,14)6-1-3-7(4-2-6)17-9(19)5-8(18)10(15)16-17/h1-5,18H,(H2,15,16). The first-order valence-corrected chi connectivity index (χ1v) is 5.05. The number of nitrogens with zero attached hydrogens (tertiary/aromatic N) is 2. The average molecular weight is 271 g/mol. The van der Waals surface area contributed by atoms with Crippen LogP contribution >= 0.6 is 0 Å². The molecule has 8 heteroatoms. The van der Waals surface area contributed by atoms with Crippen molar-refractivity contribution in [3.05, 3.63) is 46.2 Å². The van der Waals surface area contributed by atoms with Crippen molar-refractivity contribution < 1.29 is 18.3 Å². The molecule has 0 aliphatic rings. The van der Waals surface area contributed by atoms with Gasteiger partial charge in [-0.1, -0.05) is 0 Å². The number of anilines is 1. The molecule has 0 fully saturated rings. The van der Waals surface area contributed by atoms with Crippen LogP contribution in [0.15, 0.2) is 35.1 Å². The molecule has 1 heterocycles. The lowest BCUT2D eigenvalue weighted by Gasteiger charge is -2.09. The fraction of sp³-hybridized carbons (Fsp3) is 0.0909. The summed E-state index contributed by atoms with van der Waals surface area (Å²) in [4.78, 5) is 11.5. The van der Waals surface area contributed by atoms with Gasteiger partial charge in [-0.2, -0.15) is 17.9 Å². The van der Waals surface area contributed by atoms with E-state index < -0.39 is 23.0 Å². The Kier molecular flexibility index (Phi) is 2.93. The number of aromatic nitrogens is 2. The largest absolute Gasteiger partial charge is 0.504 e. The monoisotopic (exact) mass is 271 g/mol. The van der Waals surface area contributed by atoms with Gasteiger partial charge in [0.2, 0.25) is 0 Å². The van der Waals surface area contributed by atoms with Gasteiger partial charge < -0.3 is 10.8 Å². The smallest absolute Gasteiger partial charge is 0.416 e. The summed E-state index contributed by atoms with van der Waals surface area (Å²) >= 11 is 0. The van der Waals surface area contributed by atoms with Gasteiger partial charge in [-0.15, -0.1) is 5.10 Å². The van der Waals surface area contributed by atoms with Gasteiger partial charge in [0.05, 0.1) is 17.3 Å². The molecule has 0 aliphatic heterocycles. The molecule has 0 amide bonds. The molecular weight excluding hydrogens is 263 g/mol. The Morgan fingerprint density at radius 3 is 2.32 bits per heavy atom. The topological polar surface area (TPSA) is 81.1 Å². The predicted octanol–water partition coefficient (Wildman–Crippen LogP) is 1.54. The van der Waals surface area contributed by atoms with Crippen LogP contribution in [0.3, 0.4) is 0 Å². The predicted molar refractivity (Wildman–Crippen MR) is 60.9 cm³/mol. The van der Waals surface area contributed by atoms with Crippen molar-refractivity contribution in [2.45, 2.75) is 6.18 Å². The lowest BCUT2D eigenvalue weighted by molar-refractivity contribution is -0.137. The summed E-state index contributed by atoms with van der Waals surface area (Å²) in [7, 11) is 0. The Bertz CT molecular complexity index is 662. The van der Waals surface area contributed by atoms with E-state index in [2.05, 4.69) is 5.10 Å². The van der Waals surface area contributed by atoms with Crippen LogP contribution in [0.2, 0.25) is 0 Å². The molecule has 0 atom stereocenters. The van der Waals surface area contributed by atoms with Crippen LogP contribution in [-0.4, -0.2) is 14.9 Å². The van der Waals surface area contributed by atoms with E-state index in [1.165, 1.54) is 0 Å². The fourth-order valence-corrected chi connectivity index (χ4v) is 1.44. The van der Waals surface area contributed by atoms with Gasteiger partial charge in [-0.3, -0.25) is 4.79 Å². The van der Waals surface area contributed by atoms with E-state index in [4.69, 9.17) is 5.73 Å². The highest BCUT2D eigenvalue weighted by atomic mass is 19.4. The minimum Gasteiger partial charge on any atom is -0.504 e. The van der Waals surface area contributed by atoms with Gasteiger partial charge in [0.15, 0.2) is 11.6 Å². The molecular formula is C11H8F3N3O2. The molecule has 100 valence electrons. The molecule has 5 nitrogen and oxygen atoms in total. The third kappa shape index (κ3) is 2.51. The average Bonchev–Trinajstić information content (AvgIpc) is 2.33. The SMILES string of the molecule is Nc1nn(-c2ccc(C(F)(F)F)cc2)c(=O)cc1O. The third-order valence-corrected chi connectivity index (χ3v) is 2.38. The zero-order valence-electron chi connectivity index (χ0n) is 9.35. The summed E-state index contributed by atoms with van der Waals surface area (Å²) in [6.07, 6.45) is -4.45. The van der Waals surface area contributed by atoms with E-state index >= 15 is 0 Å². The van der Waals surface area contributed by atoms with E-state index in [-0.39, 0.29) is 11.5 Å². The first-order chi connectivity index (χ1) is 8.79. The molecule has 1 aromatic heterocycles. The van der Waals surface area contributed by atoms with Crippen LogP contribution in [0.4, 0.5) is 19.0 Å². The second-order valence-electron chi connectivity index (χ2n) is 3.71. The second kappa shape index (κ2) is 4.30. The molecule has 1 aromatic carbocycles. The fourth-order valence-electron chi connectivity index (χ4n) is 1.44. The molecule has 0 saturated heterocycles. The lowest BCUT2D eigenvalue weighted by atomic mass is 10.2. The number of nitrogens with two attached hydrogens (primary N) is 1. The van der Waals surface area contributed by atoms with Gasteiger partial charge >= 0.3 is 6.18 Å². The van der Waals surface area contributed by atoms with Gasteiger partial charge in [-0.05, 0) is 24.3 Å². The maximum absolute atomic E-state index is 12.4. The summed E-state index contributed by atoms with van der Waals surface area (Å²) in [6.45, 7) is 0. The molecule has 0 radical (unpaired) electrons. The maximum atomic E-state index is 12.4. The molecule has 0 spiro atoms. The minimum absolute atomic E-state index is 0.115. The summed E-state index contributed by atoms with van der Waals surface area (Å²) in [5, 5.41) is 12.8. The molecule has 0 bridgehead atoms. The van der Waals surface area contributed by atoms with Crippen molar-refractivity contribution in [2.24, 2.45) is 0 Å². The first-order valence-electron chi connectivity index (χ1n) is 5.05. The van der Waals surface area contributed by atoms with Crippen molar-refractivity contribution >= 4 is 5.82 Å². The molecule has 0 aliphatic carbocycles. The number of benzene rings is 1. The lowest BCUT2D eigenvalue weighted by Crippen LogP contribution is -2.21. The van der Waals surface area contributed by atoms with Crippen molar-refractivity contribution in [3.8, 4) is 11.4 Å². The molecule has 2 aromatic rings. The minimum atomic E-state index is -4.45. The highest BCUT2D eigenvalue weighted by Gasteiger charge is 2.30. The van der Waals surface area contributed by atoms with Crippen LogP contribution in [0.1, 0.15) is 5.56 Å². The Morgan fingerprint density at radius 2 is 1.79 bits per heavy atom. The maximum Gasteiger partial charge on any atom is 0.416 e. The number of nitrogen functional groups attached to an aromatic ring is 1. The number of aromatic hydroxyl groups is 1. The van der Waals surface area contributed by atoms with Crippen LogP contribution in [0, 0.1) is 0 Å². The van der Waals surface area contributed by atoms with Crippen LogP contribution < -0.4 is 11.3 Å². The van der Waals surface area contributed by atoms with Crippen molar-refractivity contribution in [3.63, 3.8) is 0 Å². The zero-order valence-corrected chi connectivity index (χ0v) is 9.35. The van der Waals surface area contributed by atoms with Crippen molar-refractivity contribution in [1.82, 2.24) is 9.78 Å². The number of hydrogen-bond acceptors (Lipinski definition) is 4. The highest BCUT2D eigenvalue weighted by Crippen LogP contribution is 2.29. The number of hydrogen-bond donors (Lipinski definition) is 2. The number of halogens is 3. The Morgan fingerprint density at radius 1 is 1.21 bits per heavy atom. The van der Waals surface area contributed by atoms with Gasteiger partial charge in [-0.25, -0.2) is 0 Å². The molecule has 0 unspecified atom stereocenters. The van der Waals surface area contributed by atoms with Gasteiger partial charge in [0.1, 0.15) is 0 Å². The van der Waals surface area contributed by atoms with Crippen molar-refractivity contribution in [2.75, 3.05) is 5.73 Å². The van der Waals surface area contributed by atoms with E-state index in [1.807, 2.05) is 0 Å². The van der Waals surface area contributed by atoms with Gasteiger partial charge in [0, 0.05) is 0 Å². The van der Waals surface area contributed by atoms with Crippen LogP contribution in [-0.2, 0) is 6.18 Å². The number of rotatable bonds is 1. The van der Waals surface area contributed by atoms with Crippen LogP contribution in [0.5, 0.6) is 5.75 Å². The van der Waals surface area contributed by atoms with Crippen molar-refractivity contribution in [1.29, 1.82) is 0 Å². The molecule has 2 rings (SSSR count). The van der Waals surface area contributed by atoms with Gasteiger partial charge in [0.25, 0.3) is 5.56 Å². The third-order valence-electron chi connectivity index (χ3n) is 2.38. The first kappa shape index (κ1) is 12.9. The van der Waals surface area contributed by atoms with E-state index in [0.717, 1.165) is 35.0 Å². The number of alkyl halides is 3. The Labute approximate surface area is 104 Å². The summed E-state index contributed by atoms with van der Waals surface area (Å²) in [5.41, 5.74) is 3.90.